The van der Waals surface area contributed by atoms with Crippen LogP contribution in [-0.2, 0) is 4.74 Å². The second-order valence-electron chi connectivity index (χ2n) is 5.44. The van der Waals surface area contributed by atoms with E-state index in [-0.39, 0.29) is 0 Å². The van der Waals surface area contributed by atoms with Gasteiger partial charge in [0.05, 0.1) is 6.21 Å². The fraction of sp³-hybridized carbons (Fsp3) is 0.250. The molecule has 0 atom stereocenters. The predicted octanol–water partition coefficient (Wildman–Crippen LogP) is 3.70. The van der Waals surface area contributed by atoms with E-state index in [9.17, 15) is 4.79 Å². The van der Waals surface area contributed by atoms with Crippen LogP contribution in [0, 0.1) is 0 Å². The van der Waals surface area contributed by atoms with E-state index in [0.717, 1.165) is 16.3 Å². The van der Waals surface area contributed by atoms with Crippen LogP contribution >= 0.6 is 0 Å². The Morgan fingerprint density at radius 1 is 1.15 bits per heavy atom. The summed E-state index contributed by atoms with van der Waals surface area (Å²) < 4.78 is 5.10. The highest BCUT2D eigenvalue weighted by Gasteiger charge is 2.15. The van der Waals surface area contributed by atoms with Gasteiger partial charge in [0.15, 0.2) is 0 Å². The number of carbonyl (C=O) groups excluding carboxylic acids is 1. The number of carbonyl (C=O) groups is 1. The second-order valence-corrected chi connectivity index (χ2v) is 5.44. The molecule has 0 aliphatic rings. The predicted molar refractivity (Wildman–Crippen MR) is 80.9 cm³/mol. The molecule has 0 spiro atoms. The minimum atomic E-state index is -0.561. The monoisotopic (exact) mass is 270 g/mol. The van der Waals surface area contributed by atoms with Crippen LogP contribution in [-0.4, -0.2) is 17.9 Å². The van der Waals surface area contributed by atoms with Crippen molar-refractivity contribution in [3.63, 3.8) is 0 Å². The van der Waals surface area contributed by atoms with Crippen molar-refractivity contribution >= 4 is 23.1 Å². The van der Waals surface area contributed by atoms with Crippen LogP contribution in [0.15, 0.2) is 47.6 Å². The number of nitrogens with zero attached hydrogens (tertiary/aromatic N) is 1. The van der Waals surface area contributed by atoms with Crippen LogP contribution < -0.4 is 5.43 Å². The van der Waals surface area contributed by atoms with Gasteiger partial charge in [0.1, 0.15) is 5.60 Å². The summed E-state index contributed by atoms with van der Waals surface area (Å²) in [7, 11) is 0. The summed E-state index contributed by atoms with van der Waals surface area (Å²) >= 11 is 0. The number of nitrogens with one attached hydrogen (secondary N) is 1. The molecule has 0 saturated heterocycles. The average molecular weight is 270 g/mol. The summed E-state index contributed by atoms with van der Waals surface area (Å²) in [6.45, 7) is 5.42. The standard InChI is InChI=1S/C16H18N2O2/c1-16(2,3)20-15(19)18-17-11-13-9-6-8-12-7-4-5-10-14(12)13/h4-11H,1-3H3,(H,18,19)/b17-11-. The lowest BCUT2D eigenvalue weighted by Gasteiger charge is -2.18. The molecule has 2 aromatic rings. The summed E-state index contributed by atoms with van der Waals surface area (Å²) in [6, 6.07) is 14.0. The number of rotatable bonds is 2. The zero-order valence-corrected chi connectivity index (χ0v) is 11.9. The number of hydrogen-bond acceptors (Lipinski definition) is 3. The van der Waals surface area contributed by atoms with Gasteiger partial charge in [0.2, 0.25) is 0 Å². The molecule has 4 nitrogen and oxygen atoms in total. The molecular formula is C16H18N2O2. The van der Waals surface area contributed by atoms with Gasteiger partial charge < -0.3 is 4.74 Å². The van der Waals surface area contributed by atoms with Crippen LogP contribution in [0.1, 0.15) is 26.3 Å². The van der Waals surface area contributed by atoms with Crippen molar-refractivity contribution in [1.82, 2.24) is 5.43 Å². The lowest BCUT2D eigenvalue weighted by atomic mass is 10.1. The third-order valence-corrected chi connectivity index (χ3v) is 2.58. The molecule has 0 aliphatic carbocycles. The first kappa shape index (κ1) is 14.1. The van der Waals surface area contributed by atoms with Crippen molar-refractivity contribution in [2.45, 2.75) is 26.4 Å². The Morgan fingerprint density at radius 2 is 1.85 bits per heavy atom. The van der Waals surface area contributed by atoms with E-state index in [1.807, 2.05) is 42.5 Å². The van der Waals surface area contributed by atoms with Gasteiger partial charge in [-0.1, -0.05) is 42.5 Å². The normalized spacial score (nSPS) is 11.8. The number of fused-ring (bicyclic) bond motifs is 1. The molecule has 0 aliphatic heterocycles. The Kier molecular flexibility index (Phi) is 4.03. The molecule has 1 N–H and O–H groups in total. The molecule has 2 aromatic carbocycles. The Bertz CT molecular complexity index is 637. The first-order valence-electron chi connectivity index (χ1n) is 6.45. The van der Waals surface area contributed by atoms with E-state index < -0.39 is 11.7 Å². The minimum absolute atomic E-state index is 0.529. The smallest absolute Gasteiger partial charge is 0.428 e. The molecule has 0 heterocycles. The van der Waals surface area contributed by atoms with E-state index in [1.54, 1.807) is 27.0 Å². The van der Waals surface area contributed by atoms with Gasteiger partial charge in [-0.2, -0.15) is 5.10 Å². The maximum Gasteiger partial charge on any atom is 0.428 e. The third-order valence-electron chi connectivity index (χ3n) is 2.58. The quantitative estimate of drug-likeness (QED) is 0.668. The molecule has 0 fully saturated rings. The van der Waals surface area contributed by atoms with Crippen LogP contribution in [0.25, 0.3) is 10.8 Å². The van der Waals surface area contributed by atoms with Crippen LogP contribution in [0.5, 0.6) is 0 Å². The number of amides is 1. The van der Waals surface area contributed by atoms with E-state index in [0.29, 0.717) is 0 Å². The summed E-state index contributed by atoms with van der Waals surface area (Å²) in [6.07, 6.45) is 1.06. The van der Waals surface area contributed by atoms with E-state index in [4.69, 9.17) is 4.74 Å². The molecule has 2 rings (SSSR count). The molecule has 20 heavy (non-hydrogen) atoms. The number of benzene rings is 2. The highest BCUT2D eigenvalue weighted by molar-refractivity contribution is 5.99. The molecule has 0 bridgehead atoms. The fourth-order valence-electron chi connectivity index (χ4n) is 1.82. The third kappa shape index (κ3) is 3.82. The van der Waals surface area contributed by atoms with Gasteiger partial charge in [-0.25, -0.2) is 10.2 Å². The zero-order chi connectivity index (χ0) is 14.6. The van der Waals surface area contributed by atoms with Gasteiger partial charge in [0.25, 0.3) is 0 Å². The Labute approximate surface area is 118 Å². The van der Waals surface area contributed by atoms with E-state index in [2.05, 4.69) is 10.5 Å². The molecule has 104 valence electrons. The summed E-state index contributed by atoms with van der Waals surface area (Å²) in [5.74, 6) is 0. The van der Waals surface area contributed by atoms with Crippen molar-refractivity contribution < 1.29 is 9.53 Å². The van der Waals surface area contributed by atoms with Crippen molar-refractivity contribution in [2.24, 2.45) is 5.10 Å². The maximum absolute atomic E-state index is 11.5. The van der Waals surface area contributed by atoms with Crippen molar-refractivity contribution in [1.29, 1.82) is 0 Å². The lowest BCUT2D eigenvalue weighted by Crippen LogP contribution is -2.29. The van der Waals surface area contributed by atoms with E-state index in [1.165, 1.54) is 0 Å². The molecule has 0 unspecified atom stereocenters. The van der Waals surface area contributed by atoms with Crippen LogP contribution in [0.4, 0.5) is 4.79 Å². The number of ether oxygens (including phenoxy) is 1. The first-order valence-corrected chi connectivity index (χ1v) is 6.45. The van der Waals surface area contributed by atoms with Gasteiger partial charge in [-0.3, -0.25) is 0 Å². The van der Waals surface area contributed by atoms with Gasteiger partial charge >= 0.3 is 6.09 Å². The Balaban J connectivity index is 2.09. The van der Waals surface area contributed by atoms with Gasteiger partial charge in [-0.05, 0) is 31.5 Å². The van der Waals surface area contributed by atoms with Gasteiger partial charge in [0, 0.05) is 5.56 Å². The second kappa shape index (κ2) is 5.74. The SMILES string of the molecule is CC(C)(C)OC(=O)N/N=C\c1cccc2ccccc12. The Morgan fingerprint density at radius 3 is 2.60 bits per heavy atom. The molecular weight excluding hydrogens is 252 g/mol. The van der Waals surface area contributed by atoms with Crippen LogP contribution in [0.3, 0.4) is 0 Å². The lowest BCUT2D eigenvalue weighted by molar-refractivity contribution is 0.0529. The van der Waals surface area contributed by atoms with Crippen molar-refractivity contribution in [2.75, 3.05) is 0 Å². The average Bonchev–Trinajstić information content (AvgIpc) is 2.37. The number of hydrogen-bond donors (Lipinski definition) is 1. The van der Waals surface area contributed by atoms with Crippen molar-refractivity contribution in [3.05, 3.63) is 48.0 Å². The Hall–Kier alpha value is -2.36. The molecule has 0 saturated carbocycles. The summed E-state index contributed by atoms with van der Waals surface area (Å²) in [5, 5.41) is 6.15. The van der Waals surface area contributed by atoms with Crippen molar-refractivity contribution in [3.8, 4) is 0 Å². The van der Waals surface area contributed by atoms with E-state index >= 15 is 0 Å². The molecule has 1 amide bonds. The molecule has 0 aromatic heterocycles. The highest BCUT2D eigenvalue weighted by atomic mass is 16.6. The van der Waals surface area contributed by atoms with Crippen LogP contribution in [0.2, 0.25) is 0 Å². The topological polar surface area (TPSA) is 50.7 Å². The first-order chi connectivity index (χ1) is 9.46. The molecule has 4 heteroatoms. The maximum atomic E-state index is 11.5. The summed E-state index contributed by atoms with van der Waals surface area (Å²) in [4.78, 5) is 11.5. The zero-order valence-electron chi connectivity index (χ0n) is 11.9. The molecule has 0 radical (unpaired) electrons. The minimum Gasteiger partial charge on any atom is -0.443 e. The largest absolute Gasteiger partial charge is 0.443 e. The van der Waals surface area contributed by atoms with Gasteiger partial charge in [-0.15, -0.1) is 0 Å². The number of hydrazone groups is 1. The summed E-state index contributed by atoms with van der Waals surface area (Å²) in [5.41, 5.74) is 2.78. The highest BCUT2D eigenvalue weighted by Crippen LogP contribution is 2.16. The fourth-order valence-corrected chi connectivity index (χ4v) is 1.82.